The van der Waals surface area contributed by atoms with E-state index in [0.717, 1.165) is 25.1 Å². The van der Waals surface area contributed by atoms with Crippen molar-refractivity contribution < 1.29 is 18.7 Å². The molecule has 1 saturated carbocycles. The van der Waals surface area contributed by atoms with Crippen LogP contribution in [0.3, 0.4) is 0 Å². The average molecular weight is 308 g/mol. The Kier molecular flexibility index (Phi) is 3.16. The van der Waals surface area contributed by atoms with Crippen molar-refractivity contribution >= 4 is 22.6 Å². The number of anilines is 1. The zero-order valence-electron chi connectivity index (χ0n) is 12.1. The predicted octanol–water partition coefficient (Wildman–Crippen LogP) is 2.38. The van der Waals surface area contributed by atoms with Crippen molar-refractivity contribution in [2.45, 2.75) is 18.9 Å². The van der Waals surface area contributed by atoms with E-state index in [1.165, 1.54) is 23.6 Å². The van der Waals surface area contributed by atoms with Crippen LogP contribution < -0.4 is 10.3 Å². The number of rotatable bonds is 3. The van der Waals surface area contributed by atoms with Crippen molar-refractivity contribution in [3.63, 3.8) is 0 Å². The highest BCUT2D eigenvalue weighted by atomic mass is 19.1. The smallest absolute Gasteiger partial charge is 0.341 e. The van der Waals surface area contributed by atoms with Crippen LogP contribution in [0.5, 0.6) is 0 Å². The molecule has 1 fully saturated rings. The molecule has 22 heavy (non-hydrogen) atoms. The normalized spacial score (nSPS) is 14.4. The van der Waals surface area contributed by atoms with Crippen molar-refractivity contribution in [3.05, 3.63) is 39.7 Å². The number of carbonyl (C=O) groups is 1. The number of carboxylic acids is 1. The van der Waals surface area contributed by atoms with Crippen LogP contribution >= 0.6 is 0 Å². The molecular formula is C15H14F2N2O3. The summed E-state index contributed by atoms with van der Waals surface area (Å²) in [6.07, 6.45) is 2.70. The van der Waals surface area contributed by atoms with E-state index in [4.69, 9.17) is 5.11 Å². The van der Waals surface area contributed by atoms with Crippen LogP contribution in [0.1, 0.15) is 29.2 Å². The van der Waals surface area contributed by atoms with Crippen molar-refractivity contribution in [2.75, 3.05) is 19.0 Å². The summed E-state index contributed by atoms with van der Waals surface area (Å²) in [5.41, 5.74) is -1.63. The number of benzene rings is 1. The van der Waals surface area contributed by atoms with E-state index in [9.17, 15) is 18.4 Å². The van der Waals surface area contributed by atoms with Gasteiger partial charge in [-0.15, -0.1) is 0 Å². The molecule has 2 aromatic rings. The Morgan fingerprint density at radius 1 is 1.36 bits per heavy atom. The van der Waals surface area contributed by atoms with Gasteiger partial charge in [-0.05, 0) is 18.9 Å². The van der Waals surface area contributed by atoms with Gasteiger partial charge in [-0.3, -0.25) is 4.79 Å². The minimum Gasteiger partial charge on any atom is -0.477 e. The molecule has 1 N–H and O–H groups in total. The van der Waals surface area contributed by atoms with Crippen molar-refractivity contribution in [3.8, 4) is 0 Å². The maximum Gasteiger partial charge on any atom is 0.341 e. The van der Waals surface area contributed by atoms with Gasteiger partial charge in [-0.1, -0.05) is 0 Å². The SMILES string of the molecule is CN(C)c1c(F)cc2c(=O)c(C(=O)O)cn(C3CC3)c2c1F. The van der Waals surface area contributed by atoms with E-state index < -0.39 is 28.6 Å². The van der Waals surface area contributed by atoms with Crippen molar-refractivity contribution in [2.24, 2.45) is 0 Å². The number of pyridine rings is 1. The molecule has 1 aromatic carbocycles. The summed E-state index contributed by atoms with van der Waals surface area (Å²) in [6, 6.07) is 0.859. The van der Waals surface area contributed by atoms with Crippen LogP contribution in [-0.4, -0.2) is 29.7 Å². The molecular weight excluding hydrogens is 294 g/mol. The summed E-state index contributed by atoms with van der Waals surface area (Å²) in [5, 5.41) is 8.88. The average Bonchev–Trinajstić information content (AvgIpc) is 3.23. The third-order valence-electron chi connectivity index (χ3n) is 3.80. The number of carboxylic acid groups (broad SMARTS) is 1. The minimum absolute atomic E-state index is 0.0393. The number of aromatic carboxylic acids is 1. The summed E-state index contributed by atoms with van der Waals surface area (Å²) in [6.45, 7) is 0. The molecule has 0 bridgehead atoms. The fraction of sp³-hybridized carbons (Fsp3) is 0.333. The van der Waals surface area contributed by atoms with Gasteiger partial charge in [-0.2, -0.15) is 0 Å². The standard InChI is InChI=1S/C15H14F2N2O3/c1-18(2)13-10(16)5-8-12(11(13)17)19(7-3-4-7)6-9(14(8)20)15(21)22/h5-7H,3-4H2,1-2H3,(H,21,22). The summed E-state index contributed by atoms with van der Waals surface area (Å²) in [7, 11) is 3.00. The van der Waals surface area contributed by atoms with E-state index in [1.54, 1.807) is 0 Å². The van der Waals surface area contributed by atoms with E-state index in [0.29, 0.717) is 0 Å². The quantitative estimate of drug-likeness (QED) is 0.945. The fourth-order valence-corrected chi connectivity index (χ4v) is 2.63. The molecule has 5 nitrogen and oxygen atoms in total. The van der Waals surface area contributed by atoms with E-state index in [1.807, 2.05) is 0 Å². The third-order valence-corrected chi connectivity index (χ3v) is 3.80. The molecule has 7 heteroatoms. The number of nitrogens with zero attached hydrogens (tertiary/aromatic N) is 2. The van der Waals surface area contributed by atoms with Crippen LogP contribution in [0.4, 0.5) is 14.5 Å². The second-order valence-corrected chi connectivity index (χ2v) is 5.63. The van der Waals surface area contributed by atoms with E-state index >= 15 is 0 Å². The molecule has 1 aromatic heterocycles. The lowest BCUT2D eigenvalue weighted by molar-refractivity contribution is 0.0695. The first-order valence-electron chi connectivity index (χ1n) is 6.80. The Labute approximate surface area is 124 Å². The van der Waals surface area contributed by atoms with Gasteiger partial charge < -0.3 is 14.6 Å². The van der Waals surface area contributed by atoms with Gasteiger partial charge in [0.25, 0.3) is 0 Å². The number of fused-ring (bicyclic) bond motifs is 1. The van der Waals surface area contributed by atoms with E-state index in [2.05, 4.69) is 0 Å². The van der Waals surface area contributed by atoms with E-state index in [-0.39, 0.29) is 22.6 Å². The minimum atomic E-state index is -1.40. The second kappa shape index (κ2) is 4.79. The molecule has 116 valence electrons. The first kappa shape index (κ1) is 14.5. The Morgan fingerprint density at radius 3 is 2.50 bits per heavy atom. The van der Waals surface area contributed by atoms with Crippen LogP contribution in [-0.2, 0) is 0 Å². The number of hydrogen-bond donors (Lipinski definition) is 1. The van der Waals surface area contributed by atoms with Gasteiger partial charge in [0.2, 0.25) is 5.43 Å². The molecule has 1 aliphatic carbocycles. The monoisotopic (exact) mass is 308 g/mol. The zero-order valence-corrected chi connectivity index (χ0v) is 12.1. The highest BCUT2D eigenvalue weighted by Gasteiger charge is 2.30. The van der Waals surface area contributed by atoms with Gasteiger partial charge >= 0.3 is 5.97 Å². The lowest BCUT2D eigenvalue weighted by Crippen LogP contribution is -2.21. The molecule has 1 aliphatic rings. The van der Waals surface area contributed by atoms with Crippen LogP contribution in [0.2, 0.25) is 0 Å². The third kappa shape index (κ3) is 2.04. The van der Waals surface area contributed by atoms with Crippen molar-refractivity contribution in [1.29, 1.82) is 0 Å². The van der Waals surface area contributed by atoms with Gasteiger partial charge in [0, 0.05) is 26.3 Å². The first-order valence-corrected chi connectivity index (χ1v) is 6.80. The molecule has 0 spiro atoms. The second-order valence-electron chi connectivity index (χ2n) is 5.63. The largest absolute Gasteiger partial charge is 0.477 e. The van der Waals surface area contributed by atoms with Gasteiger partial charge in [-0.25, -0.2) is 13.6 Å². The van der Waals surface area contributed by atoms with Gasteiger partial charge in [0.05, 0.1) is 10.9 Å². The summed E-state index contributed by atoms with van der Waals surface area (Å²) in [4.78, 5) is 24.7. The highest BCUT2D eigenvalue weighted by Crippen LogP contribution is 2.39. The van der Waals surface area contributed by atoms with Gasteiger partial charge in [0.15, 0.2) is 5.82 Å². The zero-order chi connectivity index (χ0) is 16.2. The molecule has 0 unspecified atom stereocenters. The number of aromatic nitrogens is 1. The molecule has 0 atom stereocenters. The maximum atomic E-state index is 14.8. The highest BCUT2D eigenvalue weighted by molar-refractivity contribution is 5.94. The van der Waals surface area contributed by atoms with Crippen LogP contribution in [0.25, 0.3) is 10.9 Å². The summed E-state index contributed by atoms with van der Waals surface area (Å²) in [5.74, 6) is -3.14. The lowest BCUT2D eigenvalue weighted by atomic mass is 10.1. The number of hydrogen-bond acceptors (Lipinski definition) is 3. The summed E-state index contributed by atoms with van der Waals surface area (Å²) >= 11 is 0. The predicted molar refractivity (Wildman–Crippen MR) is 77.7 cm³/mol. The molecule has 3 rings (SSSR count). The van der Waals surface area contributed by atoms with Crippen LogP contribution in [0, 0.1) is 11.6 Å². The van der Waals surface area contributed by atoms with Gasteiger partial charge in [0.1, 0.15) is 17.1 Å². The molecule has 0 saturated heterocycles. The fourth-order valence-electron chi connectivity index (χ4n) is 2.63. The number of halogens is 2. The molecule has 0 radical (unpaired) electrons. The molecule has 0 amide bonds. The molecule has 1 heterocycles. The Morgan fingerprint density at radius 2 is 2.00 bits per heavy atom. The first-order chi connectivity index (χ1) is 10.3. The Hall–Kier alpha value is -2.44. The maximum absolute atomic E-state index is 14.8. The topological polar surface area (TPSA) is 62.5 Å². The Bertz CT molecular complexity index is 854. The summed E-state index contributed by atoms with van der Waals surface area (Å²) < 4.78 is 30.3. The lowest BCUT2D eigenvalue weighted by Gasteiger charge is -2.19. The Balaban J connectivity index is 2.49. The van der Waals surface area contributed by atoms with Crippen LogP contribution in [0.15, 0.2) is 17.1 Å². The molecule has 0 aliphatic heterocycles. The van der Waals surface area contributed by atoms with Crippen molar-refractivity contribution in [1.82, 2.24) is 4.57 Å².